The summed E-state index contributed by atoms with van der Waals surface area (Å²) in [5.74, 6) is 1.17. The number of methoxy groups -OCH3 is 1. The highest BCUT2D eigenvalue weighted by atomic mass is 16.5. The fourth-order valence-electron chi connectivity index (χ4n) is 2.65. The van der Waals surface area contributed by atoms with Gasteiger partial charge in [-0.1, -0.05) is 26.2 Å². The molecule has 2 unspecified atom stereocenters. The lowest BCUT2D eigenvalue weighted by molar-refractivity contribution is -0.121. The van der Waals surface area contributed by atoms with E-state index in [1.807, 2.05) is 0 Å². The normalized spacial score (nSPS) is 23.4. The first-order valence-electron chi connectivity index (χ1n) is 6.80. The number of ketones is 1. The SMILES string of the molecule is CCC(CCCCC1CCCC(=O)C1)OC. The van der Waals surface area contributed by atoms with E-state index in [-0.39, 0.29) is 0 Å². The van der Waals surface area contributed by atoms with Crippen LogP contribution in [-0.2, 0) is 9.53 Å². The zero-order chi connectivity index (χ0) is 11.8. The Hall–Kier alpha value is -0.370. The van der Waals surface area contributed by atoms with Gasteiger partial charge < -0.3 is 4.74 Å². The van der Waals surface area contributed by atoms with E-state index in [9.17, 15) is 4.79 Å². The molecule has 0 heterocycles. The van der Waals surface area contributed by atoms with Gasteiger partial charge in [0.1, 0.15) is 5.78 Å². The van der Waals surface area contributed by atoms with Crippen molar-refractivity contribution < 1.29 is 9.53 Å². The van der Waals surface area contributed by atoms with E-state index in [1.165, 1.54) is 32.1 Å². The molecular weight excluding hydrogens is 200 g/mol. The van der Waals surface area contributed by atoms with Gasteiger partial charge in [-0.3, -0.25) is 4.79 Å². The molecule has 0 radical (unpaired) electrons. The number of hydrogen-bond acceptors (Lipinski definition) is 2. The van der Waals surface area contributed by atoms with Crippen LogP contribution >= 0.6 is 0 Å². The summed E-state index contributed by atoms with van der Waals surface area (Å²) in [4.78, 5) is 11.3. The fraction of sp³-hybridized carbons (Fsp3) is 0.929. The van der Waals surface area contributed by atoms with Gasteiger partial charge in [-0.25, -0.2) is 0 Å². The van der Waals surface area contributed by atoms with Crippen molar-refractivity contribution in [2.75, 3.05) is 7.11 Å². The summed E-state index contributed by atoms with van der Waals surface area (Å²) in [6, 6.07) is 0. The third-order valence-electron chi connectivity index (χ3n) is 3.76. The zero-order valence-electron chi connectivity index (χ0n) is 10.8. The lowest BCUT2D eigenvalue weighted by atomic mass is 9.85. The highest BCUT2D eigenvalue weighted by Gasteiger charge is 2.18. The summed E-state index contributed by atoms with van der Waals surface area (Å²) >= 11 is 0. The lowest BCUT2D eigenvalue weighted by Crippen LogP contribution is -2.15. The van der Waals surface area contributed by atoms with Gasteiger partial charge in [-0.2, -0.15) is 0 Å². The van der Waals surface area contributed by atoms with Crippen LogP contribution in [0.1, 0.15) is 64.7 Å². The second-order valence-electron chi connectivity index (χ2n) is 5.05. The molecule has 1 rings (SSSR count). The Labute approximate surface area is 99.8 Å². The lowest BCUT2D eigenvalue weighted by Gasteiger charge is -2.20. The van der Waals surface area contributed by atoms with Crippen molar-refractivity contribution in [3.8, 4) is 0 Å². The topological polar surface area (TPSA) is 26.3 Å². The summed E-state index contributed by atoms with van der Waals surface area (Å²) in [5.41, 5.74) is 0. The largest absolute Gasteiger partial charge is 0.381 e. The Morgan fingerprint density at radius 1 is 1.44 bits per heavy atom. The molecule has 1 saturated carbocycles. The molecule has 0 spiro atoms. The van der Waals surface area contributed by atoms with Crippen molar-refractivity contribution in [1.29, 1.82) is 0 Å². The van der Waals surface area contributed by atoms with Gasteiger partial charge >= 0.3 is 0 Å². The van der Waals surface area contributed by atoms with Crippen molar-refractivity contribution >= 4 is 5.78 Å². The van der Waals surface area contributed by atoms with Crippen LogP contribution in [0.2, 0.25) is 0 Å². The van der Waals surface area contributed by atoms with E-state index in [2.05, 4.69) is 6.92 Å². The standard InChI is InChI=1S/C14H26O2/c1-3-14(16-2)10-5-4-7-12-8-6-9-13(15)11-12/h12,14H,3-11H2,1-2H3. The number of hydrogen-bond donors (Lipinski definition) is 0. The minimum Gasteiger partial charge on any atom is -0.381 e. The second kappa shape index (κ2) is 7.83. The first kappa shape index (κ1) is 13.7. The van der Waals surface area contributed by atoms with Crippen molar-refractivity contribution in [3.63, 3.8) is 0 Å². The molecule has 0 N–H and O–H groups in total. The van der Waals surface area contributed by atoms with Crippen molar-refractivity contribution in [1.82, 2.24) is 0 Å². The monoisotopic (exact) mass is 226 g/mol. The van der Waals surface area contributed by atoms with Crippen LogP contribution in [0.15, 0.2) is 0 Å². The molecule has 2 nitrogen and oxygen atoms in total. The van der Waals surface area contributed by atoms with Crippen LogP contribution < -0.4 is 0 Å². The number of ether oxygens (including phenoxy) is 1. The van der Waals surface area contributed by atoms with Crippen LogP contribution in [0.3, 0.4) is 0 Å². The first-order chi connectivity index (χ1) is 7.76. The molecule has 0 aliphatic heterocycles. The molecule has 0 aromatic carbocycles. The molecule has 0 amide bonds. The Bertz CT molecular complexity index is 197. The molecule has 94 valence electrons. The average Bonchev–Trinajstić information content (AvgIpc) is 2.29. The maximum Gasteiger partial charge on any atom is 0.133 e. The van der Waals surface area contributed by atoms with E-state index in [0.29, 0.717) is 17.8 Å². The van der Waals surface area contributed by atoms with E-state index in [1.54, 1.807) is 7.11 Å². The Morgan fingerprint density at radius 3 is 2.88 bits per heavy atom. The van der Waals surface area contributed by atoms with Crippen molar-refractivity contribution in [2.24, 2.45) is 5.92 Å². The predicted molar refractivity (Wildman–Crippen MR) is 66.5 cm³/mol. The molecule has 0 aromatic rings. The van der Waals surface area contributed by atoms with E-state index < -0.39 is 0 Å². The van der Waals surface area contributed by atoms with Crippen LogP contribution in [0, 0.1) is 5.92 Å². The second-order valence-corrected chi connectivity index (χ2v) is 5.05. The van der Waals surface area contributed by atoms with Gasteiger partial charge in [0.2, 0.25) is 0 Å². The number of carbonyl (C=O) groups excluding carboxylic acids is 1. The van der Waals surface area contributed by atoms with Crippen molar-refractivity contribution in [3.05, 3.63) is 0 Å². The van der Waals surface area contributed by atoms with Gasteiger partial charge in [0.05, 0.1) is 6.10 Å². The van der Waals surface area contributed by atoms with E-state index in [0.717, 1.165) is 25.7 Å². The maximum absolute atomic E-state index is 11.3. The van der Waals surface area contributed by atoms with Crippen LogP contribution in [-0.4, -0.2) is 19.0 Å². The third kappa shape index (κ3) is 5.11. The number of Topliss-reactive ketones (excluding diaryl/α,β-unsaturated/α-hetero) is 1. The highest BCUT2D eigenvalue weighted by molar-refractivity contribution is 5.79. The van der Waals surface area contributed by atoms with Crippen LogP contribution in [0.5, 0.6) is 0 Å². The smallest absolute Gasteiger partial charge is 0.133 e. The molecule has 1 aliphatic carbocycles. The van der Waals surface area contributed by atoms with Crippen LogP contribution in [0.4, 0.5) is 0 Å². The first-order valence-corrected chi connectivity index (χ1v) is 6.80. The van der Waals surface area contributed by atoms with Crippen LogP contribution in [0.25, 0.3) is 0 Å². The summed E-state index contributed by atoms with van der Waals surface area (Å²) in [6.07, 6.45) is 10.5. The fourth-order valence-corrected chi connectivity index (χ4v) is 2.65. The summed E-state index contributed by atoms with van der Waals surface area (Å²) < 4.78 is 5.35. The predicted octanol–water partition coefficient (Wildman–Crippen LogP) is 3.73. The van der Waals surface area contributed by atoms with Gasteiger partial charge in [0.25, 0.3) is 0 Å². The number of carbonyl (C=O) groups is 1. The number of rotatable bonds is 7. The Kier molecular flexibility index (Phi) is 6.70. The van der Waals surface area contributed by atoms with Crippen molar-refractivity contribution in [2.45, 2.75) is 70.8 Å². The summed E-state index contributed by atoms with van der Waals surface area (Å²) in [6.45, 7) is 2.17. The highest BCUT2D eigenvalue weighted by Crippen LogP contribution is 2.26. The molecule has 2 heteroatoms. The maximum atomic E-state index is 11.3. The zero-order valence-corrected chi connectivity index (χ0v) is 10.8. The quantitative estimate of drug-likeness (QED) is 0.618. The molecule has 16 heavy (non-hydrogen) atoms. The van der Waals surface area contributed by atoms with Gasteiger partial charge in [-0.05, 0) is 31.6 Å². The third-order valence-corrected chi connectivity index (χ3v) is 3.76. The molecule has 0 bridgehead atoms. The molecule has 1 fully saturated rings. The molecule has 0 aromatic heterocycles. The molecular formula is C14H26O2. The minimum atomic E-state index is 0.438. The van der Waals surface area contributed by atoms with E-state index in [4.69, 9.17) is 4.74 Å². The van der Waals surface area contributed by atoms with Gasteiger partial charge in [0.15, 0.2) is 0 Å². The average molecular weight is 226 g/mol. The molecule has 0 saturated heterocycles. The minimum absolute atomic E-state index is 0.438. The number of unbranched alkanes of at least 4 members (excludes halogenated alkanes) is 1. The summed E-state index contributed by atoms with van der Waals surface area (Å²) in [7, 11) is 1.80. The molecule has 2 atom stereocenters. The van der Waals surface area contributed by atoms with Gasteiger partial charge in [0, 0.05) is 20.0 Å². The van der Waals surface area contributed by atoms with Gasteiger partial charge in [-0.15, -0.1) is 0 Å². The molecule has 1 aliphatic rings. The van der Waals surface area contributed by atoms with E-state index >= 15 is 0 Å². The Morgan fingerprint density at radius 2 is 2.25 bits per heavy atom. The Balaban J connectivity index is 2.04. The summed E-state index contributed by atoms with van der Waals surface area (Å²) in [5, 5.41) is 0.